The molecule has 0 aromatic heterocycles. The Kier molecular flexibility index (Phi) is 7.76. The van der Waals surface area contributed by atoms with Crippen molar-refractivity contribution in [2.75, 3.05) is 5.32 Å². The van der Waals surface area contributed by atoms with Gasteiger partial charge in [0.05, 0.1) is 22.3 Å². The van der Waals surface area contributed by atoms with Gasteiger partial charge in [0.2, 0.25) is 6.10 Å². The number of carbonyl (C=O) groups excluding carboxylic acids is 2. The highest BCUT2D eigenvalue weighted by molar-refractivity contribution is 6.42. The summed E-state index contributed by atoms with van der Waals surface area (Å²) < 4.78 is 17.4. The fourth-order valence-corrected chi connectivity index (χ4v) is 5.00. The molecule has 9 nitrogen and oxygen atoms in total. The zero-order valence-corrected chi connectivity index (χ0v) is 24.1. The number of carbonyl (C=O) groups is 3. The first-order chi connectivity index (χ1) is 19.4. The van der Waals surface area contributed by atoms with Gasteiger partial charge >= 0.3 is 12.1 Å². The Hall–Kier alpha value is -3.95. The SMILES string of the molecule is CC(C)(C)OC(=O)N1Cc2cc3c(cc2CC1C(=O)O)NC(=O)C(c1ccc(OCc2ccc(Cl)c(Cl)c2)cc1)O3. The van der Waals surface area contributed by atoms with Crippen LogP contribution in [0.3, 0.4) is 0 Å². The normalized spacial score (nSPS) is 18.0. The zero-order chi connectivity index (χ0) is 29.5. The van der Waals surface area contributed by atoms with Gasteiger partial charge in [0.25, 0.3) is 5.91 Å². The topological polar surface area (TPSA) is 114 Å². The maximum Gasteiger partial charge on any atom is 0.411 e. The fourth-order valence-electron chi connectivity index (χ4n) is 4.68. The van der Waals surface area contributed by atoms with Gasteiger partial charge in [-0.3, -0.25) is 9.69 Å². The predicted octanol–water partition coefficient (Wildman–Crippen LogP) is 6.39. The Labute approximate surface area is 246 Å². The first-order valence-electron chi connectivity index (χ1n) is 12.9. The Morgan fingerprint density at radius 3 is 2.44 bits per heavy atom. The van der Waals surface area contributed by atoms with Crippen LogP contribution in [0.4, 0.5) is 10.5 Å². The number of nitrogens with zero attached hydrogens (tertiary/aromatic N) is 1. The molecule has 2 N–H and O–H groups in total. The second-order valence-corrected chi connectivity index (χ2v) is 11.7. The van der Waals surface area contributed by atoms with Gasteiger partial charge in [-0.15, -0.1) is 0 Å². The van der Waals surface area contributed by atoms with Crippen LogP contribution in [-0.4, -0.2) is 39.6 Å². The van der Waals surface area contributed by atoms with Crippen LogP contribution in [0.25, 0.3) is 0 Å². The van der Waals surface area contributed by atoms with Crippen molar-refractivity contribution in [1.82, 2.24) is 4.90 Å². The van der Waals surface area contributed by atoms with Crippen molar-refractivity contribution in [3.63, 3.8) is 0 Å². The highest BCUT2D eigenvalue weighted by Gasteiger charge is 2.39. The number of carboxylic acids is 1. The molecule has 0 bridgehead atoms. The molecule has 11 heteroatoms. The van der Waals surface area contributed by atoms with Gasteiger partial charge in [-0.2, -0.15) is 0 Å². The minimum absolute atomic E-state index is 0.0291. The van der Waals surface area contributed by atoms with E-state index in [1.165, 1.54) is 4.90 Å². The van der Waals surface area contributed by atoms with Gasteiger partial charge in [-0.05, 0) is 73.9 Å². The molecule has 41 heavy (non-hydrogen) atoms. The maximum atomic E-state index is 13.0. The average molecular weight is 599 g/mol. The summed E-state index contributed by atoms with van der Waals surface area (Å²) in [6, 6.07) is 14.6. The molecule has 0 aliphatic carbocycles. The zero-order valence-electron chi connectivity index (χ0n) is 22.6. The van der Waals surface area contributed by atoms with E-state index in [4.69, 9.17) is 37.4 Å². The predicted molar refractivity (Wildman–Crippen MR) is 153 cm³/mol. The van der Waals surface area contributed by atoms with Crippen molar-refractivity contribution in [3.05, 3.63) is 86.9 Å². The second kappa shape index (κ2) is 11.1. The van der Waals surface area contributed by atoms with Crippen LogP contribution in [0.2, 0.25) is 10.0 Å². The molecule has 0 spiro atoms. The summed E-state index contributed by atoms with van der Waals surface area (Å²) in [6.07, 6.45) is -1.55. The van der Waals surface area contributed by atoms with E-state index < -0.39 is 29.8 Å². The summed E-state index contributed by atoms with van der Waals surface area (Å²) in [5.41, 5.74) is 2.57. The molecule has 2 unspecified atom stereocenters. The third-order valence-electron chi connectivity index (χ3n) is 6.66. The number of hydrogen-bond donors (Lipinski definition) is 2. The molecule has 0 fully saturated rings. The van der Waals surface area contributed by atoms with Crippen molar-refractivity contribution < 1.29 is 33.7 Å². The lowest BCUT2D eigenvalue weighted by molar-refractivity contribution is -0.143. The van der Waals surface area contributed by atoms with Crippen LogP contribution >= 0.6 is 23.2 Å². The molecule has 0 radical (unpaired) electrons. The fraction of sp³-hybridized carbons (Fsp3) is 0.300. The lowest BCUT2D eigenvalue weighted by Gasteiger charge is -2.36. The van der Waals surface area contributed by atoms with E-state index in [1.54, 1.807) is 69.3 Å². The van der Waals surface area contributed by atoms with E-state index in [0.29, 0.717) is 43.9 Å². The van der Waals surface area contributed by atoms with E-state index in [0.717, 1.165) is 5.56 Å². The molecule has 5 rings (SSSR count). The van der Waals surface area contributed by atoms with Crippen molar-refractivity contribution in [2.24, 2.45) is 0 Å². The molecule has 2 heterocycles. The molecule has 2 aliphatic rings. The number of aliphatic carboxylic acids is 1. The minimum atomic E-state index is -1.14. The quantitative estimate of drug-likeness (QED) is 0.349. The van der Waals surface area contributed by atoms with Gasteiger partial charge in [0, 0.05) is 12.0 Å². The number of benzene rings is 3. The number of carboxylic acid groups (broad SMARTS) is 1. The van der Waals surface area contributed by atoms with Crippen LogP contribution in [-0.2, 0) is 33.9 Å². The van der Waals surface area contributed by atoms with E-state index in [9.17, 15) is 19.5 Å². The van der Waals surface area contributed by atoms with Gasteiger partial charge in [-0.25, -0.2) is 9.59 Å². The molecular weight excluding hydrogens is 571 g/mol. The van der Waals surface area contributed by atoms with Crippen LogP contribution in [0.5, 0.6) is 11.5 Å². The molecule has 3 aromatic rings. The van der Waals surface area contributed by atoms with Gasteiger partial charge in [0.1, 0.15) is 29.7 Å². The Balaban J connectivity index is 1.32. The second-order valence-electron chi connectivity index (χ2n) is 10.9. The third kappa shape index (κ3) is 6.36. The van der Waals surface area contributed by atoms with Gasteiger partial charge in [-0.1, -0.05) is 41.4 Å². The van der Waals surface area contributed by atoms with Crippen molar-refractivity contribution >= 4 is 46.9 Å². The first-order valence-corrected chi connectivity index (χ1v) is 13.7. The summed E-state index contributed by atoms with van der Waals surface area (Å²) in [5.74, 6) is -0.473. The number of nitrogens with one attached hydrogen (secondary N) is 1. The molecule has 0 saturated heterocycles. The number of anilines is 1. The van der Waals surface area contributed by atoms with Crippen LogP contribution in [0, 0.1) is 0 Å². The molecule has 0 saturated carbocycles. The van der Waals surface area contributed by atoms with Crippen molar-refractivity contribution in [3.8, 4) is 11.5 Å². The Bertz CT molecular complexity index is 1520. The van der Waals surface area contributed by atoms with E-state index in [2.05, 4.69) is 5.32 Å². The Morgan fingerprint density at radius 1 is 1.05 bits per heavy atom. The van der Waals surface area contributed by atoms with E-state index >= 15 is 0 Å². The highest BCUT2D eigenvalue weighted by Crippen LogP contribution is 2.40. The smallest absolute Gasteiger partial charge is 0.411 e. The minimum Gasteiger partial charge on any atom is -0.489 e. The molecule has 3 aromatic carbocycles. The van der Waals surface area contributed by atoms with Crippen molar-refractivity contribution in [2.45, 2.75) is 58.1 Å². The largest absolute Gasteiger partial charge is 0.489 e. The maximum absolute atomic E-state index is 13.0. The average Bonchev–Trinajstić information content (AvgIpc) is 2.91. The van der Waals surface area contributed by atoms with Gasteiger partial charge < -0.3 is 24.6 Å². The first kappa shape index (κ1) is 28.6. The third-order valence-corrected chi connectivity index (χ3v) is 7.40. The summed E-state index contributed by atoms with van der Waals surface area (Å²) >= 11 is 12.0. The monoisotopic (exact) mass is 598 g/mol. The molecule has 2 aliphatic heterocycles. The molecule has 2 amide bonds. The van der Waals surface area contributed by atoms with Crippen LogP contribution in [0.15, 0.2) is 54.6 Å². The van der Waals surface area contributed by atoms with E-state index in [1.807, 2.05) is 6.07 Å². The lowest BCUT2D eigenvalue weighted by Crippen LogP contribution is -2.50. The number of halogens is 2. The summed E-state index contributed by atoms with van der Waals surface area (Å²) in [4.78, 5) is 39.0. The Morgan fingerprint density at radius 2 is 1.78 bits per heavy atom. The standard InChI is InChI=1S/C30H28Cl2N2O7/c1-30(2,3)41-29(38)34-14-19-13-25-23(11-18(19)12-24(34)28(36)37)33-27(35)26(40-25)17-5-7-20(8-6-17)39-15-16-4-9-21(31)22(32)10-16/h4-11,13,24,26H,12,14-15H2,1-3H3,(H,33,35)(H,36,37). The summed E-state index contributed by atoms with van der Waals surface area (Å²) in [6.45, 7) is 5.49. The molecule has 2 atom stereocenters. The van der Waals surface area contributed by atoms with Crippen LogP contribution in [0.1, 0.15) is 49.1 Å². The molecule has 214 valence electrons. The number of fused-ring (bicyclic) bond motifs is 2. The summed E-state index contributed by atoms with van der Waals surface area (Å²) in [5, 5.41) is 13.6. The van der Waals surface area contributed by atoms with Gasteiger partial charge in [0.15, 0.2) is 0 Å². The van der Waals surface area contributed by atoms with Crippen molar-refractivity contribution in [1.29, 1.82) is 0 Å². The van der Waals surface area contributed by atoms with Crippen LogP contribution < -0.4 is 14.8 Å². The van der Waals surface area contributed by atoms with E-state index in [-0.39, 0.29) is 25.5 Å². The lowest BCUT2D eigenvalue weighted by atomic mass is 9.92. The number of rotatable bonds is 5. The molecular formula is C30H28Cl2N2O7. The number of ether oxygens (including phenoxy) is 3. The highest BCUT2D eigenvalue weighted by atomic mass is 35.5. The number of amides is 2. The summed E-state index contributed by atoms with van der Waals surface area (Å²) in [7, 11) is 0. The number of hydrogen-bond acceptors (Lipinski definition) is 6.